The average molecular weight is 239 g/mol. The molecule has 3 unspecified atom stereocenters. The fourth-order valence-electron chi connectivity index (χ4n) is 4.07. The Kier molecular flexibility index (Phi) is 2.00. The van der Waals surface area contributed by atoms with Gasteiger partial charge in [-0.3, -0.25) is 0 Å². The van der Waals surface area contributed by atoms with Crippen molar-refractivity contribution in [2.75, 3.05) is 0 Å². The Balaban J connectivity index is 2.35. The molecule has 2 rings (SSSR count). The van der Waals surface area contributed by atoms with Crippen molar-refractivity contribution in [1.82, 2.24) is 0 Å². The molecular weight excluding hydrogens is 217 g/mol. The summed E-state index contributed by atoms with van der Waals surface area (Å²) < 4.78 is 2.09. The fraction of sp³-hybridized carbons (Fsp3) is 0.833. The van der Waals surface area contributed by atoms with Crippen molar-refractivity contribution in [1.29, 1.82) is 0 Å². The van der Waals surface area contributed by atoms with E-state index < -0.39 is 13.3 Å². The van der Waals surface area contributed by atoms with Gasteiger partial charge in [-0.05, 0) is 0 Å². The zero-order chi connectivity index (χ0) is 9.85. The van der Waals surface area contributed by atoms with Crippen molar-refractivity contribution in [2.45, 2.75) is 48.2 Å². The van der Waals surface area contributed by atoms with Gasteiger partial charge in [-0.25, -0.2) is 0 Å². The number of hydrogen-bond donors (Lipinski definition) is 0. The Morgan fingerprint density at radius 2 is 1.77 bits per heavy atom. The predicted molar refractivity (Wildman–Crippen MR) is 61.7 cm³/mol. The SMILES string of the molecule is CC(C)(C)[CH]1C2C=C[CH](C2)[Ge]1([CH3])[CH3]. The van der Waals surface area contributed by atoms with Crippen molar-refractivity contribution >= 4 is 13.3 Å². The molecule has 2 bridgehead atoms. The molecule has 1 aliphatic carbocycles. The van der Waals surface area contributed by atoms with Crippen molar-refractivity contribution in [2.24, 2.45) is 11.3 Å². The number of hydrogen-bond acceptors (Lipinski definition) is 0. The maximum absolute atomic E-state index is 2.64. The molecule has 1 fully saturated rings. The zero-order valence-electron chi connectivity index (χ0n) is 9.59. The Hall–Kier alpha value is 0.283. The van der Waals surface area contributed by atoms with Crippen LogP contribution in [0.1, 0.15) is 27.2 Å². The van der Waals surface area contributed by atoms with Crippen molar-refractivity contribution in [3.63, 3.8) is 0 Å². The molecule has 13 heavy (non-hydrogen) atoms. The molecule has 0 spiro atoms. The van der Waals surface area contributed by atoms with Gasteiger partial charge >= 0.3 is 85.0 Å². The molecule has 1 aliphatic heterocycles. The minimum atomic E-state index is -1.50. The van der Waals surface area contributed by atoms with E-state index in [9.17, 15) is 0 Å². The van der Waals surface area contributed by atoms with Gasteiger partial charge in [-0.15, -0.1) is 0 Å². The Labute approximate surface area is 85.2 Å². The number of rotatable bonds is 0. The van der Waals surface area contributed by atoms with Crippen LogP contribution in [-0.2, 0) is 0 Å². The van der Waals surface area contributed by atoms with Gasteiger partial charge in [-0.2, -0.15) is 0 Å². The molecule has 2 aliphatic rings. The topological polar surface area (TPSA) is 0 Å². The van der Waals surface area contributed by atoms with Gasteiger partial charge in [0, 0.05) is 0 Å². The monoisotopic (exact) mass is 240 g/mol. The molecule has 3 atom stereocenters. The normalized spacial score (nSPS) is 41.5. The third kappa shape index (κ3) is 1.33. The van der Waals surface area contributed by atoms with E-state index in [1.807, 2.05) is 0 Å². The van der Waals surface area contributed by atoms with Crippen molar-refractivity contribution < 1.29 is 0 Å². The zero-order valence-corrected chi connectivity index (χ0v) is 11.7. The third-order valence-corrected chi connectivity index (χ3v) is 15.2. The van der Waals surface area contributed by atoms with E-state index in [1.165, 1.54) is 6.42 Å². The van der Waals surface area contributed by atoms with E-state index in [0.29, 0.717) is 5.41 Å². The quantitative estimate of drug-likeness (QED) is 0.441. The van der Waals surface area contributed by atoms with E-state index in [0.717, 1.165) is 15.4 Å². The summed E-state index contributed by atoms with van der Waals surface area (Å²) in [5.74, 6) is 6.23. The fourth-order valence-corrected chi connectivity index (χ4v) is 15.7. The molecule has 74 valence electrons. The van der Waals surface area contributed by atoms with Gasteiger partial charge in [0.2, 0.25) is 0 Å². The molecule has 0 aromatic heterocycles. The van der Waals surface area contributed by atoms with E-state index in [2.05, 4.69) is 44.4 Å². The molecule has 0 amide bonds. The van der Waals surface area contributed by atoms with Gasteiger partial charge in [0.15, 0.2) is 0 Å². The van der Waals surface area contributed by atoms with Crippen LogP contribution in [0.3, 0.4) is 0 Å². The average Bonchev–Trinajstić information content (AvgIpc) is 2.38. The standard InChI is InChI=1S/C12H22Ge/c1-12(2,3)11-9-6-7-10(8-9)13(11,4)5/h6-7,9-11H,8H2,1-5H3. The molecule has 0 aromatic carbocycles. The number of fused-ring (bicyclic) bond motifs is 2. The summed E-state index contributed by atoms with van der Waals surface area (Å²) in [4.78, 5) is 0. The molecule has 0 nitrogen and oxygen atoms in total. The molecule has 0 saturated carbocycles. The van der Waals surface area contributed by atoms with Gasteiger partial charge in [0.1, 0.15) is 0 Å². The second-order valence-electron chi connectivity index (χ2n) is 6.56. The van der Waals surface area contributed by atoms with Crippen LogP contribution in [0.5, 0.6) is 0 Å². The first-order valence-corrected chi connectivity index (χ1v) is 12.1. The summed E-state index contributed by atoms with van der Waals surface area (Å²) in [6.07, 6.45) is 6.54. The summed E-state index contributed by atoms with van der Waals surface area (Å²) in [6, 6.07) is 0. The van der Waals surface area contributed by atoms with Crippen LogP contribution in [0.15, 0.2) is 12.2 Å². The Morgan fingerprint density at radius 3 is 2.08 bits per heavy atom. The molecule has 0 aromatic rings. The van der Waals surface area contributed by atoms with E-state index >= 15 is 0 Å². The molecule has 1 heteroatoms. The van der Waals surface area contributed by atoms with Gasteiger partial charge < -0.3 is 0 Å². The second kappa shape index (κ2) is 2.65. The van der Waals surface area contributed by atoms with Crippen LogP contribution in [0.4, 0.5) is 0 Å². The molecule has 1 heterocycles. The van der Waals surface area contributed by atoms with Gasteiger partial charge in [0.25, 0.3) is 0 Å². The van der Waals surface area contributed by atoms with Crippen LogP contribution in [0, 0.1) is 11.3 Å². The summed E-state index contributed by atoms with van der Waals surface area (Å²) in [5, 5.41) is 0. The molecule has 0 N–H and O–H groups in total. The van der Waals surface area contributed by atoms with E-state index in [1.54, 1.807) is 0 Å². The summed E-state index contributed by atoms with van der Waals surface area (Å²) >= 11 is -1.50. The first-order valence-electron chi connectivity index (χ1n) is 5.52. The summed E-state index contributed by atoms with van der Waals surface area (Å²) in [5.41, 5.74) is 0.549. The Bertz CT molecular complexity index is 244. The van der Waals surface area contributed by atoms with Gasteiger partial charge in [-0.1, -0.05) is 0 Å². The van der Waals surface area contributed by atoms with Crippen LogP contribution in [0.2, 0.25) is 21.0 Å². The minimum absolute atomic E-state index is 0.549. The molecule has 1 saturated heterocycles. The first kappa shape index (κ1) is 9.82. The van der Waals surface area contributed by atoms with Crippen LogP contribution in [0.25, 0.3) is 0 Å². The molecule has 0 radical (unpaired) electrons. The van der Waals surface area contributed by atoms with Crippen LogP contribution < -0.4 is 0 Å². The third-order valence-electron chi connectivity index (χ3n) is 4.24. The van der Waals surface area contributed by atoms with Crippen LogP contribution in [-0.4, -0.2) is 13.3 Å². The van der Waals surface area contributed by atoms with Crippen molar-refractivity contribution in [3.05, 3.63) is 12.2 Å². The summed E-state index contributed by atoms with van der Waals surface area (Å²) in [7, 11) is 0. The first-order chi connectivity index (χ1) is 5.83. The predicted octanol–water partition coefficient (Wildman–Crippen LogP) is 4.07. The number of allylic oxidation sites excluding steroid dienone is 2. The van der Waals surface area contributed by atoms with Gasteiger partial charge in [0.05, 0.1) is 0 Å². The maximum atomic E-state index is 2.64. The Morgan fingerprint density at radius 1 is 1.15 bits per heavy atom. The molecular formula is C12H22Ge. The summed E-state index contributed by atoms with van der Waals surface area (Å²) in [6.45, 7) is 7.33. The second-order valence-corrected chi connectivity index (χ2v) is 17.1. The van der Waals surface area contributed by atoms with E-state index in [4.69, 9.17) is 0 Å². The van der Waals surface area contributed by atoms with E-state index in [-0.39, 0.29) is 0 Å². The van der Waals surface area contributed by atoms with Crippen molar-refractivity contribution in [3.8, 4) is 0 Å². The van der Waals surface area contributed by atoms with Crippen LogP contribution >= 0.6 is 0 Å².